The van der Waals surface area contributed by atoms with Crippen LogP contribution in [0.3, 0.4) is 0 Å². The minimum absolute atomic E-state index is 0. The second-order valence-electron chi connectivity index (χ2n) is 1.68. The molecule has 0 amide bonds. The van der Waals surface area contributed by atoms with E-state index in [1.54, 1.807) is 0 Å². The number of morpholine rings is 1. The Morgan fingerprint density at radius 1 is 1.25 bits per heavy atom. The van der Waals surface area contributed by atoms with Crippen molar-refractivity contribution in [3.05, 3.63) is 0 Å². The van der Waals surface area contributed by atoms with Gasteiger partial charge in [-0.1, -0.05) is 0 Å². The van der Waals surface area contributed by atoms with Crippen LogP contribution >= 0.6 is 0 Å². The molecule has 0 atom stereocenters. The maximum atomic E-state index is 8.75. The number of hydrogen-bond donors (Lipinski definition) is 2. The Morgan fingerprint density at radius 2 is 1.75 bits per heavy atom. The van der Waals surface area contributed by atoms with Crippen LogP contribution in [0.5, 0.6) is 0 Å². The third-order valence-electron chi connectivity index (χ3n) is 1.07. The van der Waals surface area contributed by atoms with Crippen LogP contribution in [0.4, 0.5) is 0 Å². The first kappa shape index (κ1) is 8.61. The Kier molecular flexibility index (Phi) is 4.83. The van der Waals surface area contributed by atoms with E-state index >= 15 is 0 Å². The normalized spacial score (nSPS) is 22.1. The highest BCUT2D eigenvalue weighted by atomic mass is 127. The first-order valence-corrected chi connectivity index (χ1v) is 2.51. The zero-order valence-electron chi connectivity index (χ0n) is 4.56. The highest BCUT2D eigenvalue weighted by molar-refractivity contribution is 4.32. The highest BCUT2D eigenvalue weighted by Gasteiger charge is 2.08. The first-order valence-electron chi connectivity index (χ1n) is 2.51. The molecule has 3 nitrogen and oxygen atoms in total. The maximum Gasteiger partial charge on any atom is 0.130 e. The SMILES string of the molecule is O[NH+]1CCOCC1.[I-]. The number of ether oxygens (including phenoxy) is 1. The van der Waals surface area contributed by atoms with Crippen molar-refractivity contribution in [1.29, 1.82) is 0 Å². The molecule has 0 aliphatic carbocycles. The molecule has 50 valence electrons. The summed E-state index contributed by atoms with van der Waals surface area (Å²) in [5.74, 6) is 0. The molecule has 0 bridgehead atoms. The van der Waals surface area contributed by atoms with Gasteiger partial charge in [0.1, 0.15) is 13.1 Å². The van der Waals surface area contributed by atoms with Crippen LogP contribution < -0.4 is 29.0 Å². The minimum atomic E-state index is 0. The number of rotatable bonds is 0. The van der Waals surface area contributed by atoms with Gasteiger partial charge < -0.3 is 28.7 Å². The molecule has 4 heteroatoms. The number of halogens is 1. The predicted octanol–water partition coefficient (Wildman–Crippen LogP) is -4.71. The summed E-state index contributed by atoms with van der Waals surface area (Å²) in [5.41, 5.74) is 0. The summed E-state index contributed by atoms with van der Waals surface area (Å²) >= 11 is 0. The second kappa shape index (κ2) is 4.49. The Morgan fingerprint density at radius 3 is 2.00 bits per heavy atom. The van der Waals surface area contributed by atoms with Crippen LogP contribution in [0, 0.1) is 0 Å². The van der Waals surface area contributed by atoms with Gasteiger partial charge in [0.15, 0.2) is 0 Å². The summed E-state index contributed by atoms with van der Waals surface area (Å²) in [6, 6.07) is 0. The zero-order chi connectivity index (χ0) is 5.11. The number of hydroxylamine groups is 2. The lowest BCUT2D eigenvalue weighted by molar-refractivity contribution is -1.09. The monoisotopic (exact) mass is 231 g/mol. The van der Waals surface area contributed by atoms with Crippen molar-refractivity contribution in [2.75, 3.05) is 26.3 Å². The summed E-state index contributed by atoms with van der Waals surface area (Å²) in [6.45, 7) is 2.87. The highest BCUT2D eigenvalue weighted by Crippen LogP contribution is 1.71. The topological polar surface area (TPSA) is 33.9 Å². The van der Waals surface area contributed by atoms with Crippen molar-refractivity contribution < 1.29 is 39.0 Å². The van der Waals surface area contributed by atoms with Crippen molar-refractivity contribution in [1.82, 2.24) is 0 Å². The predicted molar refractivity (Wildman–Crippen MR) is 23.3 cm³/mol. The fourth-order valence-corrected chi connectivity index (χ4v) is 0.607. The van der Waals surface area contributed by atoms with Crippen LogP contribution in [0.25, 0.3) is 0 Å². The zero-order valence-corrected chi connectivity index (χ0v) is 6.72. The summed E-state index contributed by atoms with van der Waals surface area (Å²) in [4.78, 5) is 0. The molecule has 0 aromatic heterocycles. The van der Waals surface area contributed by atoms with Gasteiger partial charge in [-0.15, -0.1) is 0 Å². The smallest absolute Gasteiger partial charge is 0.130 e. The molecule has 8 heavy (non-hydrogen) atoms. The fourth-order valence-electron chi connectivity index (χ4n) is 0.607. The minimum Gasteiger partial charge on any atom is -1.00 e. The van der Waals surface area contributed by atoms with E-state index in [1.165, 1.54) is 0 Å². The molecule has 0 radical (unpaired) electrons. The standard InChI is InChI=1S/C4H9NO2.HI/c6-5-1-3-7-4-2-5;/h6H,1-4H2;1H. The van der Waals surface area contributed by atoms with Crippen LogP contribution in [-0.4, -0.2) is 31.5 Å². The Labute approximate surface area is 65.6 Å². The largest absolute Gasteiger partial charge is 1.00 e. The van der Waals surface area contributed by atoms with Gasteiger partial charge in [0, 0.05) is 0 Å². The quantitative estimate of drug-likeness (QED) is 0.411. The summed E-state index contributed by atoms with van der Waals surface area (Å²) < 4.78 is 4.96. The van der Waals surface area contributed by atoms with Gasteiger partial charge in [0.2, 0.25) is 0 Å². The number of nitrogens with one attached hydrogen (secondary N) is 1. The second-order valence-corrected chi connectivity index (χ2v) is 1.68. The molecule has 1 aliphatic rings. The van der Waals surface area contributed by atoms with Crippen molar-refractivity contribution in [2.45, 2.75) is 0 Å². The van der Waals surface area contributed by atoms with Crippen LogP contribution in [0.2, 0.25) is 0 Å². The Bertz CT molecular complexity index is 56.0. The van der Waals surface area contributed by atoms with E-state index in [0.29, 0.717) is 18.3 Å². The molecule has 1 fully saturated rings. The van der Waals surface area contributed by atoms with Crippen molar-refractivity contribution in [3.8, 4) is 0 Å². The van der Waals surface area contributed by atoms with Crippen LogP contribution in [0.15, 0.2) is 0 Å². The number of hydrogen-bond acceptors (Lipinski definition) is 2. The van der Waals surface area contributed by atoms with Gasteiger partial charge in [-0.05, 0) is 0 Å². The van der Waals surface area contributed by atoms with Gasteiger partial charge in [-0.2, -0.15) is 5.06 Å². The number of quaternary nitrogens is 1. The summed E-state index contributed by atoms with van der Waals surface area (Å²) in [6.07, 6.45) is 0. The first-order chi connectivity index (χ1) is 3.39. The van der Waals surface area contributed by atoms with Gasteiger partial charge in [-0.3, -0.25) is 0 Å². The van der Waals surface area contributed by atoms with E-state index < -0.39 is 0 Å². The molecule has 1 saturated heterocycles. The van der Waals surface area contributed by atoms with E-state index in [1.807, 2.05) is 0 Å². The lowest BCUT2D eigenvalue weighted by Gasteiger charge is -2.15. The maximum absolute atomic E-state index is 8.75. The van der Waals surface area contributed by atoms with E-state index in [0.717, 1.165) is 13.1 Å². The average molecular weight is 231 g/mol. The lowest BCUT2D eigenvalue weighted by Crippen LogP contribution is -3.11. The van der Waals surface area contributed by atoms with Crippen molar-refractivity contribution in [3.63, 3.8) is 0 Å². The van der Waals surface area contributed by atoms with Crippen molar-refractivity contribution >= 4 is 0 Å². The van der Waals surface area contributed by atoms with E-state index in [-0.39, 0.29) is 24.0 Å². The van der Waals surface area contributed by atoms with Gasteiger partial charge in [-0.25, -0.2) is 5.21 Å². The molecule has 0 unspecified atom stereocenters. The molecular formula is C4H10INO2. The van der Waals surface area contributed by atoms with Crippen LogP contribution in [-0.2, 0) is 4.74 Å². The van der Waals surface area contributed by atoms with Crippen LogP contribution in [0.1, 0.15) is 0 Å². The molecule has 0 aromatic carbocycles. The molecular weight excluding hydrogens is 221 g/mol. The summed E-state index contributed by atoms with van der Waals surface area (Å²) in [5, 5.41) is 9.33. The van der Waals surface area contributed by atoms with Crippen molar-refractivity contribution in [2.24, 2.45) is 0 Å². The van der Waals surface area contributed by atoms with E-state index in [4.69, 9.17) is 9.94 Å². The molecule has 1 aliphatic heterocycles. The van der Waals surface area contributed by atoms with Gasteiger partial charge >= 0.3 is 0 Å². The Balaban J connectivity index is 0.000000490. The summed E-state index contributed by atoms with van der Waals surface area (Å²) in [7, 11) is 0. The third-order valence-corrected chi connectivity index (χ3v) is 1.07. The molecule has 0 aromatic rings. The molecule has 1 rings (SSSR count). The molecule has 0 spiro atoms. The van der Waals surface area contributed by atoms with E-state index in [9.17, 15) is 0 Å². The average Bonchev–Trinajstić information content (AvgIpc) is 1.69. The molecule has 0 saturated carbocycles. The van der Waals surface area contributed by atoms with E-state index in [2.05, 4.69) is 0 Å². The fraction of sp³-hybridized carbons (Fsp3) is 1.00. The van der Waals surface area contributed by atoms with Gasteiger partial charge in [0.25, 0.3) is 0 Å². The molecule has 1 heterocycles. The molecule has 2 N–H and O–H groups in total. The van der Waals surface area contributed by atoms with Gasteiger partial charge in [0.05, 0.1) is 13.2 Å². The Hall–Kier alpha value is 0.610. The third kappa shape index (κ3) is 2.81. The lowest BCUT2D eigenvalue weighted by atomic mass is 10.5.